The summed E-state index contributed by atoms with van der Waals surface area (Å²) >= 11 is 0. The van der Waals surface area contributed by atoms with Gasteiger partial charge in [0.25, 0.3) is 0 Å². The topological polar surface area (TPSA) is 83.9 Å². The first-order valence-corrected chi connectivity index (χ1v) is 10.5. The zero-order valence-electron chi connectivity index (χ0n) is 16.5. The minimum atomic E-state index is -4.42. The second kappa shape index (κ2) is 10.1. The second-order valence-corrected chi connectivity index (χ2v) is 9.82. The fourth-order valence-corrected chi connectivity index (χ4v) is 4.03. The average Bonchev–Trinajstić information content (AvgIpc) is 2.59. The fraction of sp³-hybridized carbons (Fsp3) is 0.647. The SMILES string of the molecule is CCNC(=NCc1ccc(OCC(F)(F)F)nc1)N1CCS(=O)(=O)C(C)(C)C1.I. The van der Waals surface area contributed by atoms with E-state index in [-0.39, 0.29) is 42.2 Å². The van der Waals surface area contributed by atoms with Crippen LogP contribution in [0.15, 0.2) is 23.3 Å². The molecular formula is C17H26F3IN4O3S. The van der Waals surface area contributed by atoms with Crippen molar-refractivity contribution in [3.8, 4) is 5.88 Å². The van der Waals surface area contributed by atoms with Crippen LogP contribution < -0.4 is 10.1 Å². The Morgan fingerprint density at radius 3 is 2.59 bits per heavy atom. The molecule has 7 nitrogen and oxygen atoms in total. The number of rotatable bonds is 5. The van der Waals surface area contributed by atoms with Gasteiger partial charge in [-0.2, -0.15) is 13.2 Å². The predicted molar refractivity (Wildman–Crippen MR) is 115 cm³/mol. The fourth-order valence-electron chi connectivity index (χ4n) is 2.66. The van der Waals surface area contributed by atoms with Crippen LogP contribution in [0, 0.1) is 0 Å². The molecule has 1 aromatic rings. The lowest BCUT2D eigenvalue weighted by atomic mass is 10.2. The van der Waals surface area contributed by atoms with Gasteiger partial charge < -0.3 is 15.0 Å². The molecule has 1 aliphatic heterocycles. The van der Waals surface area contributed by atoms with Gasteiger partial charge in [-0.05, 0) is 26.3 Å². The lowest BCUT2D eigenvalue weighted by molar-refractivity contribution is -0.154. The van der Waals surface area contributed by atoms with Crippen molar-refractivity contribution in [3.63, 3.8) is 0 Å². The number of guanidine groups is 1. The smallest absolute Gasteiger partial charge is 0.422 e. The summed E-state index contributed by atoms with van der Waals surface area (Å²) < 4.78 is 64.5. The highest BCUT2D eigenvalue weighted by atomic mass is 127. The van der Waals surface area contributed by atoms with Crippen molar-refractivity contribution in [2.45, 2.75) is 38.2 Å². The molecule has 29 heavy (non-hydrogen) atoms. The van der Waals surface area contributed by atoms with Crippen LogP contribution in [-0.2, 0) is 16.4 Å². The van der Waals surface area contributed by atoms with E-state index in [1.165, 1.54) is 12.3 Å². The summed E-state index contributed by atoms with van der Waals surface area (Å²) in [5.41, 5.74) is 0.693. The molecule has 1 aromatic heterocycles. The molecule has 2 heterocycles. The molecule has 1 aliphatic rings. The standard InChI is InChI=1S/C17H25F3N4O3S.HI/c1-4-21-15(24-7-8-28(25,26)16(2,3)11-24)23-10-13-5-6-14(22-9-13)27-12-17(18,19)20;/h5-6,9H,4,7-8,10-12H2,1-3H3,(H,21,23);1H. The maximum atomic E-state index is 12.2. The molecule has 12 heteroatoms. The summed E-state index contributed by atoms with van der Waals surface area (Å²) in [6.07, 6.45) is -3.01. The Hall–Kier alpha value is -1.31. The Balaban J connectivity index is 0.00000420. The number of pyridine rings is 1. The number of hydrogen-bond donors (Lipinski definition) is 1. The maximum absolute atomic E-state index is 12.2. The van der Waals surface area contributed by atoms with Gasteiger partial charge in [0.2, 0.25) is 5.88 Å². The summed E-state index contributed by atoms with van der Waals surface area (Å²) in [6, 6.07) is 2.95. The Bertz CT molecular complexity index is 799. The van der Waals surface area contributed by atoms with Gasteiger partial charge in [0.05, 0.1) is 17.0 Å². The van der Waals surface area contributed by atoms with Crippen molar-refractivity contribution in [1.29, 1.82) is 0 Å². The van der Waals surface area contributed by atoms with Crippen molar-refractivity contribution in [2.75, 3.05) is 32.0 Å². The van der Waals surface area contributed by atoms with Gasteiger partial charge >= 0.3 is 6.18 Å². The summed E-state index contributed by atoms with van der Waals surface area (Å²) in [4.78, 5) is 10.3. The number of aliphatic imine (C=N–C) groups is 1. The quantitative estimate of drug-likeness (QED) is 0.345. The third kappa shape index (κ3) is 7.46. The van der Waals surface area contributed by atoms with E-state index in [1.807, 2.05) is 11.8 Å². The number of sulfone groups is 1. The van der Waals surface area contributed by atoms with Crippen molar-refractivity contribution < 1.29 is 26.3 Å². The number of alkyl halides is 3. The summed E-state index contributed by atoms with van der Waals surface area (Å²) in [5.74, 6) is 0.528. The highest BCUT2D eigenvalue weighted by molar-refractivity contribution is 14.0. The Morgan fingerprint density at radius 2 is 2.07 bits per heavy atom. The van der Waals surface area contributed by atoms with E-state index in [9.17, 15) is 21.6 Å². The third-order valence-corrected chi connectivity index (χ3v) is 6.80. The van der Waals surface area contributed by atoms with E-state index >= 15 is 0 Å². The van der Waals surface area contributed by atoms with Crippen LogP contribution in [0.3, 0.4) is 0 Å². The Morgan fingerprint density at radius 1 is 1.38 bits per heavy atom. The van der Waals surface area contributed by atoms with Crippen LogP contribution in [0.5, 0.6) is 5.88 Å². The van der Waals surface area contributed by atoms with E-state index in [0.717, 1.165) is 0 Å². The molecule has 0 spiro atoms. The van der Waals surface area contributed by atoms with Gasteiger partial charge in [-0.3, -0.25) is 0 Å². The molecule has 166 valence electrons. The predicted octanol–water partition coefficient (Wildman–Crippen LogP) is 2.62. The molecule has 1 N–H and O–H groups in total. The van der Waals surface area contributed by atoms with Gasteiger partial charge in [0.15, 0.2) is 22.4 Å². The number of nitrogens with zero attached hydrogens (tertiary/aromatic N) is 3. The molecule has 0 atom stereocenters. The molecule has 0 radical (unpaired) electrons. The highest BCUT2D eigenvalue weighted by Crippen LogP contribution is 2.24. The van der Waals surface area contributed by atoms with E-state index < -0.39 is 27.4 Å². The molecule has 0 amide bonds. The summed E-state index contributed by atoms with van der Waals surface area (Å²) in [5, 5.41) is 3.15. The van der Waals surface area contributed by atoms with Gasteiger partial charge in [-0.15, -0.1) is 24.0 Å². The first-order valence-electron chi connectivity index (χ1n) is 8.83. The van der Waals surface area contributed by atoms with Crippen LogP contribution in [0.2, 0.25) is 0 Å². The monoisotopic (exact) mass is 550 g/mol. The first-order chi connectivity index (χ1) is 12.9. The van der Waals surface area contributed by atoms with Crippen LogP contribution in [0.1, 0.15) is 26.3 Å². The molecular weight excluding hydrogens is 524 g/mol. The lowest BCUT2D eigenvalue weighted by Gasteiger charge is -2.39. The molecule has 0 aromatic carbocycles. The second-order valence-electron chi connectivity index (χ2n) is 7.08. The summed E-state index contributed by atoms with van der Waals surface area (Å²) in [7, 11) is -3.16. The lowest BCUT2D eigenvalue weighted by Crippen LogP contribution is -2.57. The van der Waals surface area contributed by atoms with Crippen molar-refractivity contribution >= 4 is 39.8 Å². The van der Waals surface area contributed by atoms with Crippen molar-refractivity contribution in [3.05, 3.63) is 23.9 Å². The Kier molecular flexibility index (Phi) is 8.99. The zero-order valence-corrected chi connectivity index (χ0v) is 19.6. The Labute approximate surface area is 186 Å². The largest absolute Gasteiger partial charge is 0.468 e. The minimum absolute atomic E-state index is 0. The van der Waals surface area contributed by atoms with Crippen molar-refractivity contribution in [2.24, 2.45) is 4.99 Å². The minimum Gasteiger partial charge on any atom is -0.468 e. The summed E-state index contributed by atoms with van der Waals surface area (Å²) in [6.45, 7) is 5.45. The number of halogens is 4. The van der Waals surface area contributed by atoms with Gasteiger partial charge in [-0.1, -0.05) is 6.07 Å². The van der Waals surface area contributed by atoms with E-state index in [2.05, 4.69) is 20.0 Å². The molecule has 0 bridgehead atoms. The normalized spacial score (nSPS) is 18.7. The van der Waals surface area contributed by atoms with Gasteiger partial charge in [-0.25, -0.2) is 18.4 Å². The maximum Gasteiger partial charge on any atom is 0.422 e. The van der Waals surface area contributed by atoms with Gasteiger partial charge in [0, 0.05) is 31.9 Å². The van der Waals surface area contributed by atoms with E-state index in [0.29, 0.717) is 31.2 Å². The molecule has 2 rings (SSSR count). The average molecular weight is 550 g/mol. The van der Waals surface area contributed by atoms with Crippen LogP contribution in [0.4, 0.5) is 13.2 Å². The molecule has 1 saturated heterocycles. The van der Waals surface area contributed by atoms with E-state index in [1.54, 1.807) is 19.9 Å². The van der Waals surface area contributed by atoms with Crippen LogP contribution >= 0.6 is 24.0 Å². The van der Waals surface area contributed by atoms with Crippen LogP contribution in [-0.4, -0.2) is 67.2 Å². The zero-order chi connectivity index (χ0) is 21.0. The van der Waals surface area contributed by atoms with E-state index in [4.69, 9.17) is 0 Å². The number of aromatic nitrogens is 1. The van der Waals surface area contributed by atoms with Gasteiger partial charge in [0.1, 0.15) is 0 Å². The molecule has 0 saturated carbocycles. The molecule has 1 fully saturated rings. The van der Waals surface area contributed by atoms with Crippen LogP contribution in [0.25, 0.3) is 0 Å². The number of nitrogens with one attached hydrogen (secondary N) is 1. The van der Waals surface area contributed by atoms with Crippen molar-refractivity contribution in [1.82, 2.24) is 15.2 Å². The highest BCUT2D eigenvalue weighted by Gasteiger charge is 2.40. The molecule has 0 unspecified atom stereocenters. The molecule has 0 aliphatic carbocycles. The number of hydrogen-bond acceptors (Lipinski definition) is 5. The third-order valence-electron chi connectivity index (χ3n) is 4.27. The first kappa shape index (κ1) is 25.7. The number of ether oxygens (including phenoxy) is 1.